The summed E-state index contributed by atoms with van der Waals surface area (Å²) in [6, 6.07) is 26.5. The number of amides is 2. The molecular formula is C35H44N2O2. The molecule has 3 aromatic carbocycles. The van der Waals surface area contributed by atoms with Gasteiger partial charge in [-0.3, -0.25) is 9.59 Å². The molecule has 206 valence electrons. The van der Waals surface area contributed by atoms with Crippen LogP contribution in [0.2, 0.25) is 0 Å². The highest BCUT2D eigenvalue weighted by molar-refractivity contribution is 5.88. The summed E-state index contributed by atoms with van der Waals surface area (Å²) in [6.45, 7) is 6.86. The topological polar surface area (TPSA) is 49.4 Å². The van der Waals surface area contributed by atoms with E-state index in [0.717, 1.165) is 47.9 Å². The molecule has 1 saturated carbocycles. The van der Waals surface area contributed by atoms with Crippen LogP contribution in [-0.2, 0) is 29.0 Å². The maximum Gasteiger partial charge on any atom is 0.243 e. The van der Waals surface area contributed by atoms with Gasteiger partial charge in [0.05, 0.1) is 0 Å². The number of carbonyl (C=O) groups excluding carboxylic acids is 2. The molecule has 1 aliphatic rings. The maximum atomic E-state index is 14.0. The minimum atomic E-state index is -0.564. The SMILES string of the molecule is Cc1cccc(CN(C(=O)CCc2ccc(C(C)C)cc2)[C@H](Cc2ccccc2)C(=O)NC2CCCCC2)c1. The Kier molecular flexibility index (Phi) is 10.4. The largest absolute Gasteiger partial charge is 0.352 e. The van der Waals surface area contributed by atoms with Crippen LogP contribution in [0.1, 0.15) is 86.1 Å². The average Bonchev–Trinajstić information content (AvgIpc) is 2.95. The minimum absolute atomic E-state index is 0.0177. The van der Waals surface area contributed by atoms with E-state index in [0.29, 0.717) is 31.7 Å². The summed E-state index contributed by atoms with van der Waals surface area (Å²) in [5.74, 6) is 0.462. The first-order valence-electron chi connectivity index (χ1n) is 14.7. The van der Waals surface area contributed by atoms with Gasteiger partial charge in [0, 0.05) is 25.4 Å². The number of benzene rings is 3. The monoisotopic (exact) mass is 524 g/mol. The highest BCUT2D eigenvalue weighted by atomic mass is 16.2. The van der Waals surface area contributed by atoms with Gasteiger partial charge in [0.15, 0.2) is 0 Å². The Morgan fingerprint density at radius 2 is 1.54 bits per heavy atom. The Balaban J connectivity index is 1.59. The summed E-state index contributed by atoms with van der Waals surface area (Å²) in [7, 11) is 0. The average molecular weight is 525 g/mol. The quantitative estimate of drug-likeness (QED) is 0.290. The Hall–Kier alpha value is -3.40. The maximum absolute atomic E-state index is 14.0. The first-order valence-corrected chi connectivity index (χ1v) is 14.7. The number of hydrogen-bond acceptors (Lipinski definition) is 2. The van der Waals surface area contributed by atoms with Gasteiger partial charge < -0.3 is 10.2 Å². The molecule has 39 heavy (non-hydrogen) atoms. The van der Waals surface area contributed by atoms with Crippen molar-refractivity contribution >= 4 is 11.8 Å². The molecule has 1 N–H and O–H groups in total. The number of nitrogens with one attached hydrogen (secondary N) is 1. The van der Waals surface area contributed by atoms with E-state index in [4.69, 9.17) is 0 Å². The standard InChI is InChI=1S/C35H44N2O2/c1-26(2)31-20-17-28(18-21-31)19-22-34(38)37(25-30-14-10-11-27(3)23-30)33(24-29-12-6-4-7-13-29)35(39)36-32-15-8-5-9-16-32/h4,6-7,10-14,17-18,20-21,23,26,32-33H,5,8-9,15-16,19,22,24-25H2,1-3H3,(H,36,39)/t33-/m1/s1. The van der Waals surface area contributed by atoms with Gasteiger partial charge in [0.25, 0.3) is 0 Å². The van der Waals surface area contributed by atoms with Gasteiger partial charge in [-0.15, -0.1) is 0 Å². The van der Waals surface area contributed by atoms with Crippen molar-refractivity contribution in [1.29, 1.82) is 0 Å². The first kappa shape index (κ1) is 28.6. The van der Waals surface area contributed by atoms with Gasteiger partial charge >= 0.3 is 0 Å². The number of carbonyl (C=O) groups is 2. The van der Waals surface area contributed by atoms with Crippen molar-refractivity contribution in [2.45, 2.75) is 96.7 Å². The summed E-state index contributed by atoms with van der Waals surface area (Å²) >= 11 is 0. The lowest BCUT2D eigenvalue weighted by Gasteiger charge is -2.33. The zero-order valence-corrected chi connectivity index (χ0v) is 23.9. The predicted octanol–water partition coefficient (Wildman–Crippen LogP) is 7.14. The Morgan fingerprint density at radius 1 is 0.846 bits per heavy atom. The Labute approximate surface area is 234 Å². The van der Waals surface area contributed by atoms with Gasteiger partial charge in [0.1, 0.15) is 6.04 Å². The molecule has 1 fully saturated rings. The molecular weight excluding hydrogens is 480 g/mol. The number of rotatable bonds is 11. The van der Waals surface area contributed by atoms with Crippen molar-refractivity contribution in [3.63, 3.8) is 0 Å². The number of aryl methyl sites for hydroxylation is 2. The van der Waals surface area contributed by atoms with Crippen molar-refractivity contribution in [3.05, 3.63) is 107 Å². The van der Waals surface area contributed by atoms with Gasteiger partial charge in [-0.2, -0.15) is 0 Å². The van der Waals surface area contributed by atoms with Crippen LogP contribution in [0.4, 0.5) is 0 Å². The molecule has 4 nitrogen and oxygen atoms in total. The molecule has 1 atom stereocenters. The van der Waals surface area contributed by atoms with Crippen LogP contribution in [0.25, 0.3) is 0 Å². The minimum Gasteiger partial charge on any atom is -0.352 e. The highest BCUT2D eigenvalue weighted by Crippen LogP contribution is 2.21. The van der Waals surface area contributed by atoms with Gasteiger partial charge in [-0.05, 0) is 54.4 Å². The van der Waals surface area contributed by atoms with E-state index in [1.807, 2.05) is 41.3 Å². The third-order valence-electron chi connectivity index (χ3n) is 7.93. The van der Waals surface area contributed by atoms with Gasteiger partial charge in [0.2, 0.25) is 11.8 Å². The zero-order chi connectivity index (χ0) is 27.6. The van der Waals surface area contributed by atoms with E-state index < -0.39 is 6.04 Å². The number of hydrogen-bond donors (Lipinski definition) is 1. The molecule has 0 saturated heterocycles. The first-order chi connectivity index (χ1) is 18.9. The third-order valence-corrected chi connectivity index (χ3v) is 7.93. The van der Waals surface area contributed by atoms with E-state index in [-0.39, 0.29) is 17.9 Å². The molecule has 0 heterocycles. The van der Waals surface area contributed by atoms with E-state index in [2.05, 4.69) is 68.6 Å². The second-order valence-electron chi connectivity index (χ2n) is 11.5. The van der Waals surface area contributed by atoms with E-state index in [1.165, 1.54) is 12.0 Å². The van der Waals surface area contributed by atoms with Crippen LogP contribution in [0.5, 0.6) is 0 Å². The fraction of sp³-hybridized carbons (Fsp3) is 0.429. The molecule has 0 spiro atoms. The lowest BCUT2D eigenvalue weighted by atomic mass is 9.94. The van der Waals surface area contributed by atoms with E-state index in [1.54, 1.807) is 0 Å². The second-order valence-corrected chi connectivity index (χ2v) is 11.5. The molecule has 2 amide bonds. The molecule has 4 heteroatoms. The van der Waals surface area contributed by atoms with Crippen LogP contribution in [0.3, 0.4) is 0 Å². The van der Waals surface area contributed by atoms with Crippen LogP contribution in [0, 0.1) is 6.92 Å². The zero-order valence-electron chi connectivity index (χ0n) is 23.9. The lowest BCUT2D eigenvalue weighted by Crippen LogP contribution is -2.52. The fourth-order valence-electron chi connectivity index (χ4n) is 5.57. The van der Waals surface area contributed by atoms with Gasteiger partial charge in [-0.25, -0.2) is 0 Å². The smallest absolute Gasteiger partial charge is 0.243 e. The highest BCUT2D eigenvalue weighted by Gasteiger charge is 2.31. The third kappa shape index (κ3) is 8.54. The van der Waals surface area contributed by atoms with Crippen LogP contribution in [0.15, 0.2) is 78.9 Å². The summed E-state index contributed by atoms with van der Waals surface area (Å²) in [5, 5.41) is 3.33. The molecule has 4 rings (SSSR count). The molecule has 3 aromatic rings. The normalized spacial score (nSPS) is 14.7. The summed E-state index contributed by atoms with van der Waals surface area (Å²) in [5.41, 5.74) is 5.71. The van der Waals surface area contributed by atoms with Crippen molar-refractivity contribution < 1.29 is 9.59 Å². The molecule has 0 aliphatic heterocycles. The fourth-order valence-corrected chi connectivity index (χ4v) is 5.57. The summed E-state index contributed by atoms with van der Waals surface area (Å²) < 4.78 is 0. The lowest BCUT2D eigenvalue weighted by molar-refractivity contribution is -0.141. The van der Waals surface area contributed by atoms with Gasteiger partial charge in [-0.1, -0.05) is 118 Å². The number of nitrogens with zero attached hydrogens (tertiary/aromatic N) is 1. The Morgan fingerprint density at radius 3 is 2.21 bits per heavy atom. The summed E-state index contributed by atoms with van der Waals surface area (Å²) in [6.07, 6.45) is 7.09. The summed E-state index contributed by atoms with van der Waals surface area (Å²) in [4.78, 5) is 29.7. The molecule has 1 aliphatic carbocycles. The molecule has 0 bridgehead atoms. The second kappa shape index (κ2) is 14.1. The van der Waals surface area contributed by atoms with E-state index >= 15 is 0 Å². The van der Waals surface area contributed by atoms with Crippen molar-refractivity contribution in [2.75, 3.05) is 0 Å². The van der Waals surface area contributed by atoms with Crippen LogP contribution in [-0.4, -0.2) is 28.8 Å². The Bertz CT molecular complexity index is 1200. The molecule has 0 radical (unpaired) electrons. The van der Waals surface area contributed by atoms with Crippen LogP contribution >= 0.6 is 0 Å². The molecule has 0 aromatic heterocycles. The van der Waals surface area contributed by atoms with Crippen molar-refractivity contribution in [1.82, 2.24) is 10.2 Å². The predicted molar refractivity (Wildman–Crippen MR) is 160 cm³/mol. The van der Waals surface area contributed by atoms with Crippen LogP contribution < -0.4 is 5.32 Å². The van der Waals surface area contributed by atoms with Crippen molar-refractivity contribution in [2.24, 2.45) is 0 Å². The van der Waals surface area contributed by atoms with E-state index in [9.17, 15) is 9.59 Å². The molecule has 0 unspecified atom stereocenters. The van der Waals surface area contributed by atoms with Crippen molar-refractivity contribution in [3.8, 4) is 0 Å².